The van der Waals surface area contributed by atoms with Crippen molar-refractivity contribution in [2.45, 2.75) is 54.7 Å². The quantitative estimate of drug-likeness (QED) is 0.452. The fraction of sp³-hybridized carbons (Fsp3) is 0.360. The Morgan fingerprint density at radius 2 is 1.79 bits per heavy atom. The van der Waals surface area contributed by atoms with Crippen LogP contribution in [-0.2, 0) is 17.9 Å². The molecular formula is C25H26N2O2. The number of benzene rings is 1. The Labute approximate surface area is 170 Å². The van der Waals surface area contributed by atoms with Gasteiger partial charge in [-0.3, -0.25) is 4.79 Å². The molecule has 0 saturated heterocycles. The summed E-state index contributed by atoms with van der Waals surface area (Å²) in [6.07, 6.45) is 1.81. The van der Waals surface area contributed by atoms with Gasteiger partial charge >= 0.3 is 0 Å². The van der Waals surface area contributed by atoms with Crippen LogP contribution in [0.4, 0.5) is 0 Å². The van der Waals surface area contributed by atoms with Crippen LogP contribution in [0.1, 0.15) is 52.8 Å². The summed E-state index contributed by atoms with van der Waals surface area (Å²) in [5, 5.41) is 1.23. The molecule has 2 aromatic heterocycles. The van der Waals surface area contributed by atoms with Gasteiger partial charge in [0.1, 0.15) is 6.61 Å². The molecule has 2 aliphatic rings. The first-order valence-corrected chi connectivity index (χ1v) is 10.3. The molecule has 1 aromatic carbocycles. The molecule has 5 rings (SSSR count). The lowest BCUT2D eigenvalue weighted by molar-refractivity contribution is 0.228. The van der Waals surface area contributed by atoms with E-state index in [4.69, 9.17) is 9.72 Å². The number of nitrogens with zero attached hydrogens (tertiary/aromatic N) is 2. The van der Waals surface area contributed by atoms with Crippen molar-refractivity contribution in [3.8, 4) is 11.4 Å². The first-order chi connectivity index (χ1) is 13.8. The molecule has 0 spiro atoms. The van der Waals surface area contributed by atoms with Gasteiger partial charge in [-0.05, 0) is 79.1 Å². The van der Waals surface area contributed by atoms with E-state index >= 15 is 0 Å². The molecule has 0 amide bonds. The van der Waals surface area contributed by atoms with E-state index < -0.39 is 0 Å². The van der Waals surface area contributed by atoms with Crippen LogP contribution in [0.25, 0.3) is 27.9 Å². The number of allylic oxidation sites excluding steroid dienone is 1. The second-order valence-electron chi connectivity index (χ2n) is 8.75. The van der Waals surface area contributed by atoms with Crippen LogP contribution in [0, 0.1) is 33.6 Å². The summed E-state index contributed by atoms with van der Waals surface area (Å²) >= 11 is 0. The summed E-state index contributed by atoms with van der Waals surface area (Å²) in [5.74, 6) is 0.289. The van der Waals surface area contributed by atoms with E-state index in [0.29, 0.717) is 13.2 Å². The van der Waals surface area contributed by atoms with Gasteiger partial charge in [0, 0.05) is 10.9 Å². The zero-order chi connectivity index (χ0) is 20.6. The maximum Gasteiger partial charge on any atom is 0.258 e. The fourth-order valence-corrected chi connectivity index (χ4v) is 4.87. The number of aromatic nitrogens is 2. The topological polar surface area (TPSA) is 44.1 Å². The first-order valence-electron chi connectivity index (χ1n) is 10.3. The summed E-state index contributed by atoms with van der Waals surface area (Å²) in [4.78, 5) is 18.4. The molecule has 0 radical (unpaired) electrons. The molecule has 148 valence electrons. The normalized spacial score (nSPS) is 14.5. The molecule has 4 heterocycles. The molecule has 0 N–H and O–H groups in total. The molecule has 0 aliphatic carbocycles. The molecule has 4 nitrogen and oxygen atoms in total. The van der Waals surface area contributed by atoms with Crippen molar-refractivity contribution >= 4 is 16.5 Å². The Hall–Kier alpha value is -2.88. The van der Waals surface area contributed by atoms with Crippen molar-refractivity contribution in [3.63, 3.8) is 0 Å². The number of rotatable bonds is 1. The third-order valence-corrected chi connectivity index (χ3v) is 6.81. The minimum atomic E-state index is 0.0503. The Bertz CT molecular complexity index is 1310. The Morgan fingerprint density at radius 1 is 1.03 bits per heavy atom. The fourth-order valence-electron chi connectivity index (χ4n) is 4.87. The monoisotopic (exact) mass is 386 g/mol. The number of fused-ring (bicyclic) bond motifs is 5. The summed E-state index contributed by atoms with van der Waals surface area (Å²) in [5.41, 5.74) is 12.1. The molecule has 0 atom stereocenters. The Morgan fingerprint density at radius 3 is 2.52 bits per heavy atom. The summed E-state index contributed by atoms with van der Waals surface area (Å²) in [6, 6.07) is 4.33. The number of ether oxygens (including phenoxy) is 1. The maximum absolute atomic E-state index is 13.3. The van der Waals surface area contributed by atoms with Gasteiger partial charge in [-0.15, -0.1) is 0 Å². The van der Waals surface area contributed by atoms with Crippen LogP contribution in [0.2, 0.25) is 0 Å². The molecule has 3 aromatic rings. The minimum Gasteiger partial charge on any atom is -0.496 e. The van der Waals surface area contributed by atoms with Crippen LogP contribution < -0.4 is 5.56 Å². The van der Waals surface area contributed by atoms with Crippen molar-refractivity contribution < 1.29 is 4.74 Å². The standard InChI is InChI=1S/C25H26N2O2/c1-12(2)19-10-29-11-20-17(19)8-22-24-18(9-27(22)25(20)28)16(6)23-15(5)14(4)13(3)7-21(23)26-24/h7-8,10,12H,9,11H2,1-6H3. The molecule has 0 unspecified atom stereocenters. The highest BCUT2D eigenvalue weighted by molar-refractivity contribution is 5.92. The first kappa shape index (κ1) is 18.2. The highest BCUT2D eigenvalue weighted by Crippen LogP contribution is 2.39. The molecule has 4 heteroatoms. The van der Waals surface area contributed by atoms with E-state index in [-0.39, 0.29) is 11.5 Å². The number of hydrogen-bond acceptors (Lipinski definition) is 3. The lowest BCUT2D eigenvalue weighted by Gasteiger charge is -2.21. The van der Waals surface area contributed by atoms with E-state index in [0.717, 1.165) is 33.6 Å². The van der Waals surface area contributed by atoms with Crippen LogP contribution in [0.5, 0.6) is 0 Å². The predicted molar refractivity (Wildman–Crippen MR) is 117 cm³/mol. The van der Waals surface area contributed by atoms with Crippen molar-refractivity contribution in [1.82, 2.24) is 9.55 Å². The SMILES string of the molecule is Cc1cc2nc3c(c(C)c2c(C)c1C)Cn1c-3cc2c(c1=O)COC=C2C(C)C. The van der Waals surface area contributed by atoms with Crippen molar-refractivity contribution in [2.24, 2.45) is 5.92 Å². The largest absolute Gasteiger partial charge is 0.496 e. The smallest absolute Gasteiger partial charge is 0.258 e. The zero-order valence-electron chi connectivity index (χ0n) is 17.9. The van der Waals surface area contributed by atoms with Crippen LogP contribution in [0.3, 0.4) is 0 Å². The van der Waals surface area contributed by atoms with Gasteiger partial charge in [0.05, 0.1) is 35.3 Å². The second kappa shape index (κ2) is 6.06. The van der Waals surface area contributed by atoms with E-state index in [1.54, 1.807) is 0 Å². The van der Waals surface area contributed by atoms with Crippen molar-refractivity contribution in [3.05, 3.63) is 67.7 Å². The van der Waals surface area contributed by atoms with Gasteiger partial charge in [0.25, 0.3) is 5.56 Å². The predicted octanol–water partition coefficient (Wildman–Crippen LogP) is 5.19. The lowest BCUT2D eigenvalue weighted by atomic mass is 9.91. The molecule has 0 saturated carbocycles. The maximum atomic E-state index is 13.3. The van der Waals surface area contributed by atoms with Gasteiger partial charge in [-0.25, -0.2) is 4.98 Å². The number of aryl methyl sites for hydroxylation is 3. The summed E-state index contributed by atoms with van der Waals surface area (Å²) in [7, 11) is 0. The molecular weight excluding hydrogens is 360 g/mol. The van der Waals surface area contributed by atoms with E-state index in [9.17, 15) is 4.79 Å². The second-order valence-corrected chi connectivity index (χ2v) is 8.75. The van der Waals surface area contributed by atoms with Gasteiger partial charge in [0.15, 0.2) is 0 Å². The van der Waals surface area contributed by atoms with Gasteiger partial charge < -0.3 is 9.30 Å². The lowest BCUT2D eigenvalue weighted by Crippen LogP contribution is -2.26. The molecule has 2 aliphatic heterocycles. The third kappa shape index (κ3) is 2.38. The highest BCUT2D eigenvalue weighted by Gasteiger charge is 2.30. The van der Waals surface area contributed by atoms with Crippen LogP contribution in [0.15, 0.2) is 23.2 Å². The summed E-state index contributed by atoms with van der Waals surface area (Å²) in [6.45, 7) is 13.8. The molecule has 0 bridgehead atoms. The Kier molecular flexibility index (Phi) is 3.79. The van der Waals surface area contributed by atoms with Gasteiger partial charge in [-0.2, -0.15) is 0 Å². The van der Waals surface area contributed by atoms with E-state index in [2.05, 4.69) is 53.7 Å². The summed E-state index contributed by atoms with van der Waals surface area (Å²) < 4.78 is 7.50. The van der Waals surface area contributed by atoms with E-state index in [1.807, 2.05) is 10.8 Å². The molecule has 0 fully saturated rings. The minimum absolute atomic E-state index is 0.0503. The van der Waals surface area contributed by atoms with Crippen molar-refractivity contribution in [1.29, 1.82) is 0 Å². The van der Waals surface area contributed by atoms with Gasteiger partial charge in [-0.1, -0.05) is 13.8 Å². The van der Waals surface area contributed by atoms with Crippen LogP contribution >= 0.6 is 0 Å². The average Bonchev–Trinajstić information content (AvgIpc) is 3.05. The average molecular weight is 386 g/mol. The zero-order valence-corrected chi connectivity index (χ0v) is 17.9. The Balaban J connectivity index is 1.83. The van der Waals surface area contributed by atoms with Crippen LogP contribution in [-0.4, -0.2) is 9.55 Å². The molecule has 29 heavy (non-hydrogen) atoms. The number of hydrogen-bond donors (Lipinski definition) is 0. The number of pyridine rings is 2. The highest BCUT2D eigenvalue weighted by atomic mass is 16.5. The van der Waals surface area contributed by atoms with E-state index in [1.165, 1.54) is 33.2 Å². The van der Waals surface area contributed by atoms with Gasteiger partial charge in [0.2, 0.25) is 0 Å². The van der Waals surface area contributed by atoms with Crippen molar-refractivity contribution in [2.75, 3.05) is 0 Å². The third-order valence-electron chi connectivity index (χ3n) is 6.81.